The number of rotatable bonds is 2. The van der Waals surface area contributed by atoms with Gasteiger partial charge in [0.2, 0.25) is 0 Å². The van der Waals surface area contributed by atoms with Gasteiger partial charge in [-0.25, -0.2) is 0 Å². The highest BCUT2D eigenvalue weighted by molar-refractivity contribution is 7.99. The molecule has 0 radical (unpaired) electrons. The van der Waals surface area contributed by atoms with Crippen molar-refractivity contribution in [3.8, 4) is 5.75 Å². The summed E-state index contributed by atoms with van der Waals surface area (Å²) in [6, 6.07) is 17.7. The Hall–Kier alpha value is -1.45. The second-order valence-corrected chi connectivity index (χ2v) is 8.04. The molecule has 4 rings (SSSR count). The summed E-state index contributed by atoms with van der Waals surface area (Å²) < 4.78 is 5.47. The lowest BCUT2D eigenvalue weighted by Gasteiger charge is -2.39. The number of thioether (sulfide) groups is 1. The van der Waals surface area contributed by atoms with Gasteiger partial charge in [0.25, 0.3) is 0 Å². The van der Waals surface area contributed by atoms with Crippen LogP contribution in [0.15, 0.2) is 53.4 Å². The van der Waals surface area contributed by atoms with Crippen molar-refractivity contribution < 1.29 is 4.74 Å². The van der Waals surface area contributed by atoms with E-state index in [1.807, 2.05) is 11.8 Å². The smallest absolute Gasteiger partial charge is 0.119 e. The van der Waals surface area contributed by atoms with Gasteiger partial charge in [0.15, 0.2) is 0 Å². The minimum absolute atomic E-state index is 0.260. The predicted molar refractivity (Wildman–Crippen MR) is 101 cm³/mol. The van der Waals surface area contributed by atoms with E-state index in [0.29, 0.717) is 0 Å². The molecule has 1 aliphatic heterocycles. The number of benzene rings is 2. The van der Waals surface area contributed by atoms with Crippen LogP contribution in [0, 0.1) is 0 Å². The molecule has 2 nitrogen and oxygen atoms in total. The van der Waals surface area contributed by atoms with Crippen molar-refractivity contribution in [1.29, 1.82) is 0 Å². The maximum absolute atomic E-state index is 5.47. The summed E-state index contributed by atoms with van der Waals surface area (Å²) in [5.41, 5.74) is 3.00. The molecular formula is C21H25NOS. The van der Waals surface area contributed by atoms with Crippen molar-refractivity contribution in [2.45, 2.75) is 48.6 Å². The SMILES string of the molecule is COc1ccc2c(c1)SCC1(CCCCC1)NC2c1ccccc1. The van der Waals surface area contributed by atoms with Gasteiger partial charge in [0.1, 0.15) is 5.75 Å². The van der Waals surface area contributed by atoms with Gasteiger partial charge in [-0.1, -0.05) is 55.7 Å². The van der Waals surface area contributed by atoms with Gasteiger partial charge >= 0.3 is 0 Å². The minimum atomic E-state index is 0.260. The van der Waals surface area contributed by atoms with Crippen LogP contribution in [0.1, 0.15) is 49.3 Å². The van der Waals surface area contributed by atoms with Crippen molar-refractivity contribution in [2.75, 3.05) is 12.9 Å². The lowest BCUT2D eigenvalue weighted by molar-refractivity contribution is 0.246. The Morgan fingerprint density at radius 2 is 1.83 bits per heavy atom. The summed E-state index contributed by atoms with van der Waals surface area (Å²) in [6.45, 7) is 0. The number of fused-ring (bicyclic) bond motifs is 1. The Labute approximate surface area is 149 Å². The van der Waals surface area contributed by atoms with Crippen LogP contribution in [0.25, 0.3) is 0 Å². The molecule has 0 amide bonds. The Kier molecular flexibility index (Phi) is 4.55. The van der Waals surface area contributed by atoms with E-state index in [-0.39, 0.29) is 11.6 Å². The first-order valence-corrected chi connectivity index (χ1v) is 9.92. The molecule has 3 heteroatoms. The van der Waals surface area contributed by atoms with Crippen molar-refractivity contribution >= 4 is 11.8 Å². The molecule has 0 bridgehead atoms. The topological polar surface area (TPSA) is 21.3 Å². The molecule has 1 atom stereocenters. The fourth-order valence-corrected chi connectivity index (χ4v) is 5.43. The molecular weight excluding hydrogens is 314 g/mol. The number of ether oxygens (including phenoxy) is 1. The fraction of sp³-hybridized carbons (Fsp3) is 0.429. The molecule has 1 spiro atoms. The van der Waals surface area contributed by atoms with E-state index in [9.17, 15) is 0 Å². The average Bonchev–Trinajstić information content (AvgIpc) is 2.80. The highest BCUT2D eigenvalue weighted by atomic mass is 32.2. The Morgan fingerprint density at radius 1 is 1.04 bits per heavy atom. The van der Waals surface area contributed by atoms with Crippen molar-refractivity contribution in [3.05, 3.63) is 59.7 Å². The third kappa shape index (κ3) is 3.07. The second kappa shape index (κ2) is 6.81. The molecule has 0 saturated heterocycles. The van der Waals surface area contributed by atoms with E-state index in [4.69, 9.17) is 4.74 Å². The molecule has 1 fully saturated rings. The summed E-state index contributed by atoms with van der Waals surface area (Å²) in [4.78, 5) is 1.36. The summed E-state index contributed by atoms with van der Waals surface area (Å²) in [5, 5.41) is 4.08. The predicted octanol–water partition coefficient (Wildman–Crippen LogP) is 5.18. The molecule has 1 unspecified atom stereocenters. The summed E-state index contributed by atoms with van der Waals surface area (Å²) in [6.07, 6.45) is 6.64. The zero-order valence-corrected chi connectivity index (χ0v) is 15.1. The van der Waals surface area contributed by atoms with Crippen molar-refractivity contribution in [2.24, 2.45) is 0 Å². The van der Waals surface area contributed by atoms with Crippen LogP contribution in [-0.2, 0) is 0 Å². The average molecular weight is 340 g/mol. The zero-order valence-electron chi connectivity index (χ0n) is 14.3. The third-order valence-electron chi connectivity index (χ3n) is 5.43. The van der Waals surface area contributed by atoms with Crippen LogP contribution in [0.3, 0.4) is 0 Å². The minimum Gasteiger partial charge on any atom is -0.497 e. The first kappa shape index (κ1) is 16.0. The van der Waals surface area contributed by atoms with E-state index >= 15 is 0 Å². The third-order valence-corrected chi connectivity index (χ3v) is 6.79. The van der Waals surface area contributed by atoms with E-state index in [2.05, 4.69) is 53.8 Å². The molecule has 2 aromatic rings. The summed E-state index contributed by atoms with van der Waals surface area (Å²) in [7, 11) is 1.75. The van der Waals surface area contributed by atoms with E-state index in [1.165, 1.54) is 48.1 Å². The van der Waals surface area contributed by atoms with Crippen LogP contribution < -0.4 is 10.1 Å². The summed E-state index contributed by atoms with van der Waals surface area (Å²) in [5.74, 6) is 2.10. The molecule has 126 valence electrons. The Morgan fingerprint density at radius 3 is 2.58 bits per heavy atom. The normalized spacial score (nSPS) is 22.6. The summed E-state index contributed by atoms with van der Waals surface area (Å²) >= 11 is 2.00. The van der Waals surface area contributed by atoms with Crippen molar-refractivity contribution in [1.82, 2.24) is 5.32 Å². The number of nitrogens with one attached hydrogen (secondary N) is 1. The Bertz CT molecular complexity index is 694. The molecule has 1 saturated carbocycles. The van der Waals surface area contributed by atoms with Gasteiger partial charge < -0.3 is 4.74 Å². The molecule has 1 aliphatic carbocycles. The molecule has 24 heavy (non-hydrogen) atoms. The standard InChI is InChI=1S/C21H25NOS/c1-23-17-10-11-18-19(14-17)24-15-21(12-6-3-7-13-21)22-20(18)16-8-4-2-5-9-16/h2,4-5,8-11,14,20,22H,3,6-7,12-13,15H2,1H3. The number of methoxy groups -OCH3 is 1. The largest absolute Gasteiger partial charge is 0.497 e. The first-order valence-electron chi connectivity index (χ1n) is 8.93. The maximum Gasteiger partial charge on any atom is 0.119 e. The molecule has 2 aromatic carbocycles. The van der Waals surface area contributed by atoms with Gasteiger partial charge in [-0.2, -0.15) is 0 Å². The lowest BCUT2D eigenvalue weighted by Crippen LogP contribution is -2.49. The van der Waals surface area contributed by atoms with E-state index < -0.39 is 0 Å². The van der Waals surface area contributed by atoms with Gasteiger partial charge in [-0.3, -0.25) is 5.32 Å². The number of hydrogen-bond acceptors (Lipinski definition) is 3. The van der Waals surface area contributed by atoms with Crippen LogP contribution in [-0.4, -0.2) is 18.4 Å². The van der Waals surface area contributed by atoms with Crippen LogP contribution >= 0.6 is 11.8 Å². The highest BCUT2D eigenvalue weighted by Gasteiger charge is 2.38. The fourth-order valence-electron chi connectivity index (χ4n) is 4.07. The number of hydrogen-bond donors (Lipinski definition) is 1. The van der Waals surface area contributed by atoms with Crippen LogP contribution in [0.5, 0.6) is 5.75 Å². The molecule has 2 aliphatic rings. The van der Waals surface area contributed by atoms with E-state index in [1.54, 1.807) is 7.11 Å². The van der Waals surface area contributed by atoms with Crippen LogP contribution in [0.2, 0.25) is 0 Å². The zero-order chi connectivity index (χ0) is 16.4. The highest BCUT2D eigenvalue weighted by Crippen LogP contribution is 2.43. The van der Waals surface area contributed by atoms with Gasteiger partial charge in [0.05, 0.1) is 13.2 Å². The maximum atomic E-state index is 5.47. The molecule has 0 aromatic heterocycles. The Balaban J connectivity index is 1.77. The van der Waals surface area contributed by atoms with Crippen molar-refractivity contribution in [3.63, 3.8) is 0 Å². The molecule has 1 N–H and O–H groups in total. The molecule has 1 heterocycles. The van der Waals surface area contributed by atoms with E-state index in [0.717, 1.165) is 11.5 Å². The van der Waals surface area contributed by atoms with Gasteiger partial charge in [0, 0.05) is 16.2 Å². The van der Waals surface area contributed by atoms with Gasteiger partial charge in [-0.05, 0) is 36.1 Å². The monoisotopic (exact) mass is 339 g/mol. The second-order valence-electron chi connectivity index (χ2n) is 7.02. The first-order chi connectivity index (χ1) is 11.8. The van der Waals surface area contributed by atoms with Gasteiger partial charge in [-0.15, -0.1) is 11.8 Å². The van der Waals surface area contributed by atoms with Crippen LogP contribution in [0.4, 0.5) is 0 Å². The lowest BCUT2D eigenvalue weighted by atomic mass is 9.81. The quantitative estimate of drug-likeness (QED) is 0.814.